The van der Waals surface area contributed by atoms with Gasteiger partial charge in [-0.2, -0.15) is 0 Å². The zero-order valence-corrected chi connectivity index (χ0v) is 8.02. The van der Waals surface area contributed by atoms with Crippen molar-refractivity contribution >= 4 is 18.3 Å². The number of ether oxygens (including phenoxy) is 3. The Bertz CT molecular complexity index is 405. The Hall–Kier alpha value is -1.42. The molecular formula is C9H8ClNO3. The molecule has 1 N–H and O–H groups in total. The van der Waals surface area contributed by atoms with Gasteiger partial charge in [0.05, 0.1) is 0 Å². The van der Waals surface area contributed by atoms with Crippen molar-refractivity contribution < 1.29 is 14.2 Å². The fraction of sp³-hybridized carbons (Fsp3) is 0.222. The Morgan fingerprint density at radius 3 is 2.57 bits per heavy atom. The van der Waals surface area contributed by atoms with E-state index < -0.39 is 0 Å². The van der Waals surface area contributed by atoms with Gasteiger partial charge >= 0.3 is 0 Å². The summed E-state index contributed by atoms with van der Waals surface area (Å²) in [5, 5.41) is 7.47. The lowest BCUT2D eigenvalue weighted by molar-refractivity contribution is 0.173. The molecule has 0 radical (unpaired) electrons. The van der Waals surface area contributed by atoms with E-state index >= 15 is 0 Å². The SMILES string of the molecule is Cl.N=C1OCc2cc3c(cc21)OCO3. The van der Waals surface area contributed by atoms with Gasteiger partial charge in [-0.05, 0) is 12.1 Å². The summed E-state index contributed by atoms with van der Waals surface area (Å²) in [5.74, 6) is 1.67. The zero-order chi connectivity index (χ0) is 8.84. The van der Waals surface area contributed by atoms with Crippen LogP contribution in [0.4, 0.5) is 0 Å². The summed E-state index contributed by atoms with van der Waals surface area (Å²) in [7, 11) is 0. The average Bonchev–Trinajstić information content (AvgIpc) is 2.70. The van der Waals surface area contributed by atoms with Crippen LogP contribution in [0, 0.1) is 5.41 Å². The molecule has 1 aromatic rings. The lowest BCUT2D eigenvalue weighted by atomic mass is 10.1. The minimum atomic E-state index is 0. The minimum Gasteiger partial charge on any atom is -0.473 e. The summed E-state index contributed by atoms with van der Waals surface area (Å²) < 4.78 is 15.5. The highest BCUT2D eigenvalue weighted by Crippen LogP contribution is 2.37. The van der Waals surface area contributed by atoms with Crippen LogP contribution in [0.1, 0.15) is 11.1 Å². The third-order valence-corrected chi connectivity index (χ3v) is 2.22. The number of rotatable bonds is 0. The number of nitrogens with one attached hydrogen (secondary N) is 1. The topological polar surface area (TPSA) is 51.5 Å². The summed E-state index contributed by atoms with van der Waals surface area (Å²) in [6, 6.07) is 3.67. The fourth-order valence-corrected chi connectivity index (χ4v) is 1.54. The molecule has 5 heteroatoms. The maximum absolute atomic E-state index is 7.47. The van der Waals surface area contributed by atoms with Crippen LogP contribution in [0.25, 0.3) is 0 Å². The second-order valence-corrected chi connectivity index (χ2v) is 2.98. The van der Waals surface area contributed by atoms with Gasteiger partial charge < -0.3 is 14.2 Å². The molecule has 2 aliphatic rings. The molecule has 0 amide bonds. The largest absolute Gasteiger partial charge is 0.473 e. The minimum absolute atomic E-state index is 0. The maximum atomic E-state index is 7.47. The predicted octanol–water partition coefficient (Wildman–Crippen LogP) is 1.69. The van der Waals surface area contributed by atoms with Gasteiger partial charge in [-0.15, -0.1) is 12.4 Å². The van der Waals surface area contributed by atoms with E-state index in [9.17, 15) is 0 Å². The standard InChI is InChI=1S/C9H7NO3.ClH/c10-9-6-2-8-7(12-4-13-8)1-5(6)3-11-9;/h1-2,10H,3-4H2;1H. The third kappa shape index (κ3) is 1.11. The Kier molecular flexibility index (Phi) is 2.00. The summed E-state index contributed by atoms with van der Waals surface area (Å²) in [6.07, 6.45) is 0. The molecule has 2 heterocycles. The first kappa shape index (κ1) is 9.15. The van der Waals surface area contributed by atoms with Gasteiger partial charge in [-0.25, -0.2) is 0 Å². The van der Waals surface area contributed by atoms with Crippen molar-refractivity contribution in [2.75, 3.05) is 6.79 Å². The smallest absolute Gasteiger partial charge is 0.231 e. The van der Waals surface area contributed by atoms with Crippen LogP contribution in [0.15, 0.2) is 12.1 Å². The Balaban J connectivity index is 0.000000750. The van der Waals surface area contributed by atoms with Crippen molar-refractivity contribution in [1.82, 2.24) is 0 Å². The van der Waals surface area contributed by atoms with Crippen LogP contribution >= 0.6 is 12.4 Å². The molecule has 0 saturated heterocycles. The average molecular weight is 214 g/mol. The van der Waals surface area contributed by atoms with E-state index in [1.807, 2.05) is 6.07 Å². The van der Waals surface area contributed by atoms with Gasteiger partial charge in [0.2, 0.25) is 12.7 Å². The first-order chi connectivity index (χ1) is 6.34. The van der Waals surface area contributed by atoms with Crippen LogP contribution in [-0.4, -0.2) is 12.7 Å². The van der Waals surface area contributed by atoms with Crippen LogP contribution in [0.5, 0.6) is 11.5 Å². The van der Waals surface area contributed by atoms with E-state index in [1.54, 1.807) is 6.07 Å². The van der Waals surface area contributed by atoms with Gasteiger partial charge in [0, 0.05) is 11.1 Å². The molecule has 1 aromatic carbocycles. The van der Waals surface area contributed by atoms with Crippen LogP contribution in [-0.2, 0) is 11.3 Å². The molecule has 2 aliphatic heterocycles. The second-order valence-electron chi connectivity index (χ2n) is 2.98. The quantitative estimate of drug-likeness (QED) is 0.714. The lowest BCUT2D eigenvalue weighted by Crippen LogP contribution is -1.94. The molecule has 0 aliphatic carbocycles. The molecule has 3 rings (SSSR count). The lowest BCUT2D eigenvalue weighted by Gasteiger charge is -1.98. The Morgan fingerprint density at radius 1 is 1.07 bits per heavy atom. The van der Waals surface area contributed by atoms with E-state index in [1.165, 1.54) is 0 Å². The Morgan fingerprint density at radius 2 is 1.79 bits per heavy atom. The number of hydrogen-bond donors (Lipinski definition) is 1. The molecule has 14 heavy (non-hydrogen) atoms. The molecule has 74 valence electrons. The molecule has 0 spiro atoms. The van der Waals surface area contributed by atoms with Crippen molar-refractivity contribution in [3.05, 3.63) is 23.3 Å². The van der Waals surface area contributed by atoms with Crippen molar-refractivity contribution in [3.8, 4) is 11.5 Å². The van der Waals surface area contributed by atoms with Gasteiger partial charge in [-0.3, -0.25) is 5.41 Å². The third-order valence-electron chi connectivity index (χ3n) is 2.22. The monoisotopic (exact) mass is 213 g/mol. The Labute approximate surface area is 86.7 Å². The highest BCUT2D eigenvalue weighted by atomic mass is 35.5. The number of halogens is 1. The fourth-order valence-electron chi connectivity index (χ4n) is 1.54. The van der Waals surface area contributed by atoms with Crippen molar-refractivity contribution in [1.29, 1.82) is 5.41 Å². The molecule has 0 unspecified atom stereocenters. The second kappa shape index (κ2) is 3.06. The molecule has 4 nitrogen and oxygen atoms in total. The van der Waals surface area contributed by atoms with E-state index in [0.29, 0.717) is 12.4 Å². The molecule has 0 bridgehead atoms. The number of fused-ring (bicyclic) bond motifs is 2. The van der Waals surface area contributed by atoms with E-state index in [0.717, 1.165) is 16.9 Å². The molecule has 0 aromatic heterocycles. The highest BCUT2D eigenvalue weighted by molar-refractivity contribution is 5.96. The molecule has 0 fully saturated rings. The van der Waals surface area contributed by atoms with E-state index in [2.05, 4.69) is 0 Å². The normalized spacial score (nSPS) is 15.9. The van der Waals surface area contributed by atoms with Crippen molar-refractivity contribution in [2.24, 2.45) is 0 Å². The van der Waals surface area contributed by atoms with Crippen LogP contribution in [0.3, 0.4) is 0 Å². The summed E-state index contributed by atoms with van der Waals surface area (Å²) in [6.45, 7) is 0.733. The maximum Gasteiger partial charge on any atom is 0.231 e. The predicted molar refractivity (Wildman–Crippen MR) is 51.4 cm³/mol. The van der Waals surface area contributed by atoms with Gasteiger partial charge in [0.1, 0.15) is 6.61 Å². The summed E-state index contributed by atoms with van der Waals surface area (Å²) in [4.78, 5) is 0. The molecule has 0 saturated carbocycles. The number of hydrogen-bond acceptors (Lipinski definition) is 4. The van der Waals surface area contributed by atoms with Gasteiger partial charge in [-0.1, -0.05) is 0 Å². The first-order valence-corrected chi connectivity index (χ1v) is 3.99. The van der Waals surface area contributed by atoms with Crippen molar-refractivity contribution in [2.45, 2.75) is 6.61 Å². The number of benzene rings is 1. The van der Waals surface area contributed by atoms with Gasteiger partial charge in [0.15, 0.2) is 11.5 Å². The highest BCUT2D eigenvalue weighted by Gasteiger charge is 2.24. The van der Waals surface area contributed by atoms with Crippen molar-refractivity contribution in [3.63, 3.8) is 0 Å². The summed E-state index contributed by atoms with van der Waals surface area (Å²) >= 11 is 0. The molecular weight excluding hydrogens is 206 g/mol. The molecule has 0 atom stereocenters. The van der Waals surface area contributed by atoms with Crippen LogP contribution < -0.4 is 9.47 Å². The first-order valence-electron chi connectivity index (χ1n) is 3.99. The zero-order valence-electron chi connectivity index (χ0n) is 7.20. The van der Waals surface area contributed by atoms with E-state index in [4.69, 9.17) is 19.6 Å². The van der Waals surface area contributed by atoms with E-state index in [-0.39, 0.29) is 25.1 Å². The summed E-state index contributed by atoms with van der Waals surface area (Å²) in [5.41, 5.74) is 1.80. The van der Waals surface area contributed by atoms with Crippen LogP contribution in [0.2, 0.25) is 0 Å². The van der Waals surface area contributed by atoms with Gasteiger partial charge in [0.25, 0.3) is 0 Å².